The maximum atomic E-state index is 10.8. The van der Waals surface area contributed by atoms with Crippen LogP contribution in [0.5, 0.6) is 0 Å². The summed E-state index contributed by atoms with van der Waals surface area (Å²) in [4.78, 5) is 10.8. The molecule has 0 aliphatic heterocycles. The SMILES string of the molecule is CCCCCO[Si](O)(Cc1ccccc1)OCCCCC. The van der Waals surface area contributed by atoms with Crippen molar-refractivity contribution < 1.29 is 13.6 Å². The van der Waals surface area contributed by atoms with Gasteiger partial charge in [-0.25, -0.2) is 0 Å². The smallest absolute Gasteiger partial charge is 0.389 e. The van der Waals surface area contributed by atoms with Gasteiger partial charge in [-0.05, 0) is 18.4 Å². The van der Waals surface area contributed by atoms with Gasteiger partial charge in [0.2, 0.25) is 0 Å². The summed E-state index contributed by atoms with van der Waals surface area (Å²) in [6.07, 6.45) is 6.54. The first-order chi connectivity index (χ1) is 10.2. The van der Waals surface area contributed by atoms with Gasteiger partial charge in [0.15, 0.2) is 0 Å². The molecule has 1 aromatic rings. The average molecular weight is 311 g/mol. The lowest BCUT2D eigenvalue weighted by Crippen LogP contribution is -2.46. The van der Waals surface area contributed by atoms with Gasteiger partial charge in [0.05, 0.1) is 0 Å². The van der Waals surface area contributed by atoms with Crippen LogP contribution in [0.25, 0.3) is 0 Å². The zero-order valence-corrected chi connectivity index (χ0v) is 14.5. The van der Waals surface area contributed by atoms with Gasteiger partial charge >= 0.3 is 8.80 Å². The Morgan fingerprint density at radius 1 is 0.857 bits per heavy atom. The second-order valence-corrected chi connectivity index (χ2v) is 7.84. The minimum absolute atomic E-state index is 0.506. The van der Waals surface area contributed by atoms with Crippen molar-refractivity contribution in [2.45, 2.75) is 58.4 Å². The third-order valence-corrected chi connectivity index (χ3v) is 5.59. The van der Waals surface area contributed by atoms with Crippen LogP contribution in [0.1, 0.15) is 57.9 Å². The van der Waals surface area contributed by atoms with Crippen LogP contribution in [-0.4, -0.2) is 26.8 Å². The minimum Gasteiger partial charge on any atom is -0.389 e. The summed E-state index contributed by atoms with van der Waals surface area (Å²) in [5.74, 6) is 0. The lowest BCUT2D eigenvalue weighted by atomic mass is 10.2. The minimum atomic E-state index is -3.09. The number of hydrogen-bond acceptors (Lipinski definition) is 3. The number of rotatable bonds is 12. The van der Waals surface area contributed by atoms with E-state index in [1.54, 1.807) is 0 Å². The largest absolute Gasteiger partial charge is 0.502 e. The lowest BCUT2D eigenvalue weighted by Gasteiger charge is -2.24. The van der Waals surface area contributed by atoms with E-state index in [1.165, 1.54) is 0 Å². The monoisotopic (exact) mass is 310 g/mol. The number of unbranched alkanes of at least 4 members (excludes halogenated alkanes) is 4. The summed E-state index contributed by atoms with van der Waals surface area (Å²) in [5, 5.41) is 0. The van der Waals surface area contributed by atoms with Crippen molar-refractivity contribution in [2.24, 2.45) is 0 Å². The van der Waals surface area contributed by atoms with Crippen LogP contribution < -0.4 is 0 Å². The predicted molar refractivity (Wildman–Crippen MR) is 89.1 cm³/mol. The molecule has 0 aromatic heterocycles. The van der Waals surface area contributed by atoms with E-state index in [1.807, 2.05) is 30.3 Å². The molecule has 1 N–H and O–H groups in total. The Kier molecular flexibility index (Phi) is 9.59. The highest BCUT2D eigenvalue weighted by atomic mass is 28.4. The summed E-state index contributed by atoms with van der Waals surface area (Å²) < 4.78 is 11.6. The molecule has 0 fully saturated rings. The van der Waals surface area contributed by atoms with Gasteiger partial charge in [-0.1, -0.05) is 69.9 Å². The molecule has 0 heterocycles. The third kappa shape index (κ3) is 8.36. The molecule has 4 heteroatoms. The van der Waals surface area contributed by atoms with Crippen LogP contribution in [-0.2, 0) is 14.9 Å². The molecule has 0 atom stereocenters. The van der Waals surface area contributed by atoms with E-state index in [9.17, 15) is 4.80 Å². The molecule has 0 saturated heterocycles. The lowest BCUT2D eigenvalue weighted by molar-refractivity contribution is 0.0929. The van der Waals surface area contributed by atoms with Crippen molar-refractivity contribution in [2.75, 3.05) is 13.2 Å². The topological polar surface area (TPSA) is 38.7 Å². The Balaban J connectivity index is 2.50. The van der Waals surface area contributed by atoms with Crippen molar-refractivity contribution in [3.63, 3.8) is 0 Å². The maximum Gasteiger partial charge on any atom is 0.502 e. The summed E-state index contributed by atoms with van der Waals surface area (Å²) in [5.41, 5.74) is 1.08. The molecule has 21 heavy (non-hydrogen) atoms. The van der Waals surface area contributed by atoms with Crippen molar-refractivity contribution >= 4 is 8.80 Å². The molecule has 0 spiro atoms. The predicted octanol–water partition coefficient (Wildman–Crippen LogP) is 4.11. The molecule has 3 nitrogen and oxygen atoms in total. The van der Waals surface area contributed by atoms with E-state index in [-0.39, 0.29) is 0 Å². The first kappa shape index (κ1) is 18.4. The van der Waals surface area contributed by atoms with Crippen LogP contribution in [0.2, 0.25) is 0 Å². The molecule has 120 valence electrons. The van der Waals surface area contributed by atoms with E-state index in [0.717, 1.165) is 44.1 Å². The molecule has 0 aliphatic rings. The van der Waals surface area contributed by atoms with Crippen molar-refractivity contribution in [3.05, 3.63) is 35.9 Å². The summed E-state index contributed by atoms with van der Waals surface area (Å²) in [6.45, 7) is 5.51. The van der Waals surface area contributed by atoms with Gasteiger partial charge in [0, 0.05) is 19.3 Å². The van der Waals surface area contributed by atoms with Gasteiger partial charge in [-0.3, -0.25) is 0 Å². The maximum absolute atomic E-state index is 10.8. The van der Waals surface area contributed by atoms with Gasteiger partial charge in [0.1, 0.15) is 0 Å². The van der Waals surface area contributed by atoms with Crippen LogP contribution in [0.3, 0.4) is 0 Å². The molecule has 1 aromatic carbocycles. The fourth-order valence-corrected chi connectivity index (χ4v) is 4.13. The van der Waals surface area contributed by atoms with Gasteiger partial charge in [-0.2, -0.15) is 0 Å². The Hall–Kier alpha value is -0.683. The third-order valence-electron chi connectivity index (χ3n) is 3.42. The van der Waals surface area contributed by atoms with Gasteiger partial charge in [0.25, 0.3) is 0 Å². The molecule has 0 bridgehead atoms. The van der Waals surface area contributed by atoms with Gasteiger partial charge < -0.3 is 13.6 Å². The summed E-state index contributed by atoms with van der Waals surface area (Å²) in [6, 6.07) is 10.5. The standard InChI is InChI=1S/C17H30O3Si/c1-3-5-10-14-19-21(18,20-15-11-6-4-2)16-17-12-8-7-9-13-17/h7-9,12-13,18H,3-6,10-11,14-16H2,1-2H3. The molecule has 1 rings (SSSR count). The zero-order valence-electron chi connectivity index (χ0n) is 13.5. The van der Waals surface area contributed by atoms with Crippen LogP contribution in [0.15, 0.2) is 30.3 Å². The number of hydrogen-bond donors (Lipinski definition) is 1. The van der Waals surface area contributed by atoms with E-state index in [0.29, 0.717) is 19.3 Å². The Bertz CT molecular complexity index is 344. The molecule has 0 unspecified atom stereocenters. The van der Waals surface area contributed by atoms with E-state index in [4.69, 9.17) is 8.85 Å². The molecule has 0 amide bonds. The quantitative estimate of drug-likeness (QED) is 0.466. The van der Waals surface area contributed by atoms with E-state index >= 15 is 0 Å². The normalized spacial score (nSPS) is 11.8. The van der Waals surface area contributed by atoms with Crippen LogP contribution in [0, 0.1) is 0 Å². The fraction of sp³-hybridized carbons (Fsp3) is 0.647. The second kappa shape index (κ2) is 11.0. The molecule has 0 aliphatic carbocycles. The van der Waals surface area contributed by atoms with Crippen LogP contribution >= 0.6 is 0 Å². The summed E-state index contributed by atoms with van der Waals surface area (Å²) >= 11 is 0. The highest BCUT2D eigenvalue weighted by molar-refractivity contribution is 6.58. The second-order valence-electron chi connectivity index (χ2n) is 5.49. The highest BCUT2D eigenvalue weighted by Gasteiger charge is 2.37. The highest BCUT2D eigenvalue weighted by Crippen LogP contribution is 2.14. The Morgan fingerprint density at radius 2 is 1.38 bits per heavy atom. The first-order valence-electron chi connectivity index (χ1n) is 8.24. The van der Waals surface area contributed by atoms with E-state index in [2.05, 4.69) is 13.8 Å². The zero-order chi connectivity index (χ0) is 15.4. The molecule has 0 saturated carbocycles. The van der Waals surface area contributed by atoms with E-state index < -0.39 is 8.80 Å². The van der Waals surface area contributed by atoms with Crippen molar-refractivity contribution in [3.8, 4) is 0 Å². The fourth-order valence-electron chi connectivity index (χ4n) is 2.16. The summed E-state index contributed by atoms with van der Waals surface area (Å²) in [7, 11) is -3.09. The Morgan fingerprint density at radius 3 is 1.86 bits per heavy atom. The molecule has 0 radical (unpaired) electrons. The molecular weight excluding hydrogens is 280 g/mol. The Labute approximate surface area is 130 Å². The van der Waals surface area contributed by atoms with Crippen LogP contribution in [0.4, 0.5) is 0 Å². The molecular formula is C17H30O3Si. The van der Waals surface area contributed by atoms with Gasteiger partial charge in [-0.15, -0.1) is 0 Å². The first-order valence-corrected chi connectivity index (χ1v) is 10.2. The average Bonchev–Trinajstić information content (AvgIpc) is 2.49. The van der Waals surface area contributed by atoms with Crippen molar-refractivity contribution in [1.82, 2.24) is 0 Å². The number of benzene rings is 1. The van der Waals surface area contributed by atoms with Crippen molar-refractivity contribution in [1.29, 1.82) is 0 Å².